The number of carbonyl (C=O) groups is 1. The van der Waals surface area contributed by atoms with E-state index in [1.165, 1.54) is 0 Å². The Balaban J connectivity index is 1.77. The van der Waals surface area contributed by atoms with Crippen LogP contribution in [-0.2, 0) is 6.54 Å². The lowest BCUT2D eigenvalue weighted by Gasteiger charge is -2.26. The molecule has 0 aliphatic rings. The zero-order chi connectivity index (χ0) is 21.6. The molecule has 154 valence electrons. The molecule has 4 rings (SSSR count). The average molecular weight is 408 g/mol. The Morgan fingerprint density at radius 2 is 1.19 bits per heavy atom. The summed E-state index contributed by atoms with van der Waals surface area (Å²) >= 11 is 0. The molecule has 0 aliphatic carbocycles. The second kappa shape index (κ2) is 9.35. The van der Waals surface area contributed by atoms with Crippen LogP contribution in [0.3, 0.4) is 0 Å². The fourth-order valence-corrected chi connectivity index (χ4v) is 3.45. The minimum absolute atomic E-state index is 0.0110. The molecule has 0 bridgehead atoms. The van der Waals surface area contributed by atoms with Gasteiger partial charge in [0.15, 0.2) is 0 Å². The molecule has 0 atom stereocenters. The predicted molar refractivity (Wildman–Crippen MR) is 124 cm³/mol. The maximum Gasteiger partial charge on any atom is 0.292 e. The number of hydrogen-bond donors (Lipinski definition) is 0. The van der Waals surface area contributed by atoms with Crippen molar-refractivity contribution >= 4 is 5.91 Å². The molecule has 0 aliphatic heterocycles. The van der Waals surface area contributed by atoms with Crippen LogP contribution < -0.4 is 0 Å². The van der Waals surface area contributed by atoms with Gasteiger partial charge in [0.25, 0.3) is 5.91 Å². The highest BCUT2D eigenvalue weighted by Gasteiger charge is 2.23. The molecule has 4 heteroatoms. The summed E-state index contributed by atoms with van der Waals surface area (Å²) in [7, 11) is 0. The largest absolute Gasteiger partial charge is 0.329 e. The van der Waals surface area contributed by atoms with Crippen molar-refractivity contribution in [2.45, 2.75) is 26.4 Å². The molecule has 0 unspecified atom stereocenters. The summed E-state index contributed by atoms with van der Waals surface area (Å²) in [5.74, 6) is 0.0404. The lowest BCUT2D eigenvalue weighted by atomic mass is 10.1. The molecule has 1 heterocycles. The number of benzene rings is 3. The minimum Gasteiger partial charge on any atom is -0.329 e. The third-order valence-corrected chi connectivity index (χ3v) is 5.14. The number of rotatable bonds is 6. The summed E-state index contributed by atoms with van der Waals surface area (Å²) < 4.78 is 0. The first-order valence-electron chi connectivity index (χ1n) is 10.5. The molecule has 0 saturated carbocycles. The van der Waals surface area contributed by atoms with Crippen molar-refractivity contribution in [2.75, 3.05) is 0 Å². The van der Waals surface area contributed by atoms with E-state index in [0.717, 1.165) is 28.1 Å². The van der Waals surface area contributed by atoms with E-state index >= 15 is 0 Å². The molecule has 4 aromatic rings. The van der Waals surface area contributed by atoms with Gasteiger partial charge in [-0.15, -0.1) is 0 Å². The van der Waals surface area contributed by atoms with Crippen LogP contribution in [0, 0.1) is 0 Å². The molecular weight excluding hydrogens is 382 g/mol. The van der Waals surface area contributed by atoms with Crippen molar-refractivity contribution in [1.29, 1.82) is 0 Å². The Bertz CT molecular complexity index is 1090. The fourth-order valence-electron chi connectivity index (χ4n) is 3.45. The van der Waals surface area contributed by atoms with Crippen molar-refractivity contribution in [3.63, 3.8) is 0 Å². The summed E-state index contributed by atoms with van der Waals surface area (Å²) in [4.78, 5) is 24.7. The van der Waals surface area contributed by atoms with Gasteiger partial charge in [-0.3, -0.25) is 4.79 Å². The maximum absolute atomic E-state index is 13.6. The number of amides is 1. The van der Waals surface area contributed by atoms with E-state index < -0.39 is 0 Å². The normalized spacial score (nSPS) is 10.8. The lowest BCUT2D eigenvalue weighted by Crippen LogP contribution is -2.37. The Labute approximate surface area is 183 Å². The second-order valence-electron chi connectivity index (χ2n) is 7.71. The fraction of sp³-hybridized carbons (Fsp3) is 0.148. The molecule has 4 nitrogen and oxygen atoms in total. The quantitative estimate of drug-likeness (QED) is 0.402. The van der Waals surface area contributed by atoms with Gasteiger partial charge in [0.05, 0.1) is 11.4 Å². The molecule has 1 amide bonds. The first kappa shape index (κ1) is 20.5. The van der Waals surface area contributed by atoms with Crippen molar-refractivity contribution in [1.82, 2.24) is 14.9 Å². The Morgan fingerprint density at radius 3 is 1.65 bits per heavy atom. The maximum atomic E-state index is 13.6. The van der Waals surface area contributed by atoms with Gasteiger partial charge in [-0.05, 0) is 25.5 Å². The summed E-state index contributed by atoms with van der Waals surface area (Å²) in [6.07, 6.45) is 0. The Kier molecular flexibility index (Phi) is 6.18. The SMILES string of the molecule is CC(C)N(Cc1ccccc1)C(=O)c1nc(-c2ccccc2)cc(-c2ccccc2)n1. The molecule has 1 aromatic heterocycles. The van der Waals surface area contributed by atoms with E-state index in [0.29, 0.717) is 6.54 Å². The predicted octanol–water partition coefficient (Wildman–Crippen LogP) is 5.86. The van der Waals surface area contributed by atoms with E-state index in [-0.39, 0.29) is 17.8 Å². The third kappa shape index (κ3) is 4.86. The van der Waals surface area contributed by atoms with Crippen LogP contribution >= 0.6 is 0 Å². The summed E-state index contributed by atoms with van der Waals surface area (Å²) in [5, 5.41) is 0. The molecule has 31 heavy (non-hydrogen) atoms. The highest BCUT2D eigenvalue weighted by Crippen LogP contribution is 2.24. The number of carbonyl (C=O) groups excluding carboxylic acids is 1. The summed E-state index contributed by atoms with van der Waals surface area (Å²) in [5.41, 5.74) is 4.46. The average Bonchev–Trinajstić information content (AvgIpc) is 2.83. The second-order valence-corrected chi connectivity index (χ2v) is 7.71. The van der Waals surface area contributed by atoms with Crippen LogP contribution in [0.4, 0.5) is 0 Å². The first-order chi connectivity index (χ1) is 15.1. The standard InChI is InChI=1S/C27H25N3O/c1-20(2)30(19-21-12-6-3-7-13-21)27(31)26-28-24(22-14-8-4-9-15-22)18-25(29-26)23-16-10-5-11-17-23/h3-18,20H,19H2,1-2H3. The van der Waals surface area contributed by atoms with Crippen LogP contribution in [0.15, 0.2) is 97.1 Å². The number of aromatic nitrogens is 2. The van der Waals surface area contributed by atoms with E-state index in [4.69, 9.17) is 0 Å². The highest BCUT2D eigenvalue weighted by molar-refractivity contribution is 5.92. The zero-order valence-corrected chi connectivity index (χ0v) is 17.8. The number of nitrogens with zero attached hydrogens (tertiary/aromatic N) is 3. The van der Waals surface area contributed by atoms with Gasteiger partial charge in [-0.25, -0.2) is 9.97 Å². The molecule has 0 saturated heterocycles. The topological polar surface area (TPSA) is 46.1 Å². The van der Waals surface area contributed by atoms with Crippen molar-refractivity contribution in [3.05, 3.63) is 108 Å². The van der Waals surface area contributed by atoms with Crippen LogP contribution in [0.2, 0.25) is 0 Å². The molecule has 3 aromatic carbocycles. The van der Waals surface area contributed by atoms with Gasteiger partial charge in [0.1, 0.15) is 0 Å². The van der Waals surface area contributed by atoms with E-state index in [2.05, 4.69) is 9.97 Å². The number of hydrogen-bond acceptors (Lipinski definition) is 3. The lowest BCUT2D eigenvalue weighted by molar-refractivity contribution is 0.0678. The summed E-state index contributed by atoms with van der Waals surface area (Å²) in [6, 6.07) is 31.7. The van der Waals surface area contributed by atoms with Gasteiger partial charge in [-0.2, -0.15) is 0 Å². The van der Waals surface area contributed by atoms with Crippen molar-refractivity contribution < 1.29 is 4.79 Å². The van der Waals surface area contributed by atoms with Crippen LogP contribution in [0.5, 0.6) is 0 Å². The van der Waals surface area contributed by atoms with Crippen LogP contribution in [0.25, 0.3) is 22.5 Å². The third-order valence-electron chi connectivity index (χ3n) is 5.14. The first-order valence-corrected chi connectivity index (χ1v) is 10.5. The van der Waals surface area contributed by atoms with Crippen LogP contribution in [0.1, 0.15) is 30.0 Å². The van der Waals surface area contributed by atoms with Gasteiger partial charge in [0, 0.05) is 23.7 Å². The summed E-state index contributed by atoms with van der Waals surface area (Å²) in [6.45, 7) is 4.54. The zero-order valence-electron chi connectivity index (χ0n) is 17.8. The monoisotopic (exact) mass is 407 g/mol. The van der Waals surface area contributed by atoms with Gasteiger partial charge in [-0.1, -0.05) is 91.0 Å². The minimum atomic E-state index is -0.172. The molecule has 0 radical (unpaired) electrons. The highest BCUT2D eigenvalue weighted by atomic mass is 16.2. The van der Waals surface area contributed by atoms with Crippen molar-refractivity contribution in [3.8, 4) is 22.5 Å². The molecule has 0 spiro atoms. The molecule has 0 fully saturated rings. The van der Waals surface area contributed by atoms with Crippen LogP contribution in [-0.4, -0.2) is 26.8 Å². The Morgan fingerprint density at radius 1 is 0.742 bits per heavy atom. The van der Waals surface area contributed by atoms with E-state index in [9.17, 15) is 4.79 Å². The molecule has 0 N–H and O–H groups in total. The van der Waals surface area contributed by atoms with Gasteiger partial charge >= 0.3 is 0 Å². The van der Waals surface area contributed by atoms with E-state index in [1.807, 2.05) is 116 Å². The van der Waals surface area contributed by atoms with Gasteiger partial charge < -0.3 is 4.90 Å². The smallest absolute Gasteiger partial charge is 0.292 e. The Hall–Kier alpha value is -3.79. The molecular formula is C27H25N3O. The van der Waals surface area contributed by atoms with Crippen molar-refractivity contribution in [2.24, 2.45) is 0 Å². The van der Waals surface area contributed by atoms with Gasteiger partial charge in [0.2, 0.25) is 5.82 Å². The van der Waals surface area contributed by atoms with E-state index in [1.54, 1.807) is 0 Å².